The summed E-state index contributed by atoms with van der Waals surface area (Å²) in [5, 5.41) is 9.85. The smallest absolute Gasteiger partial charge is 0.223 e. The van der Waals surface area contributed by atoms with E-state index in [9.17, 15) is 9.90 Å². The van der Waals surface area contributed by atoms with E-state index in [0.29, 0.717) is 38.4 Å². The number of aryl methyl sites for hydroxylation is 1. The third kappa shape index (κ3) is 5.44. The number of amides is 1. The Morgan fingerprint density at radius 1 is 1.00 bits per heavy atom. The molecular formula is C26H31N3O3. The molecule has 0 bridgehead atoms. The Morgan fingerprint density at radius 3 is 2.25 bits per heavy atom. The molecule has 0 aliphatic carbocycles. The first-order chi connectivity index (χ1) is 15.6. The van der Waals surface area contributed by atoms with E-state index in [2.05, 4.69) is 4.90 Å². The normalized spacial score (nSPS) is 15.6. The lowest BCUT2D eigenvalue weighted by atomic mass is 10.1. The first-order valence-corrected chi connectivity index (χ1v) is 11.4. The van der Waals surface area contributed by atoms with Crippen LogP contribution in [-0.2, 0) is 11.2 Å². The molecular weight excluding hydrogens is 402 g/mol. The molecule has 32 heavy (non-hydrogen) atoms. The maximum Gasteiger partial charge on any atom is 0.223 e. The highest BCUT2D eigenvalue weighted by atomic mass is 16.4. The monoisotopic (exact) mass is 433 g/mol. The van der Waals surface area contributed by atoms with Gasteiger partial charge in [-0.15, -0.1) is 0 Å². The summed E-state index contributed by atoms with van der Waals surface area (Å²) in [5.41, 5.74) is 2.78. The van der Waals surface area contributed by atoms with Gasteiger partial charge in [0.25, 0.3) is 0 Å². The Labute approximate surface area is 189 Å². The standard InChI is InChI=1S/C26H31N3O3/c1-2-22(30)19-28-15-17-29(18-16-28)24(31)14-13-23-27-25(20-9-5-3-6-10-20)26(32-23)21-11-7-4-8-12-21/h3-12,22,30H,2,13-19H2,1H3. The minimum Gasteiger partial charge on any atom is -0.440 e. The van der Waals surface area contributed by atoms with E-state index in [1.807, 2.05) is 72.5 Å². The van der Waals surface area contributed by atoms with Gasteiger partial charge in [-0.05, 0) is 6.42 Å². The number of oxazole rings is 1. The molecule has 1 amide bonds. The van der Waals surface area contributed by atoms with Crippen LogP contribution in [0, 0.1) is 0 Å². The summed E-state index contributed by atoms with van der Waals surface area (Å²) < 4.78 is 6.15. The average molecular weight is 434 g/mol. The number of benzene rings is 2. The number of β-amino-alcohol motifs (C(OH)–C–C–N with tert-alkyl or cyclic N) is 1. The number of carbonyl (C=O) groups excluding carboxylic acids is 1. The lowest BCUT2D eigenvalue weighted by molar-refractivity contribution is -0.133. The molecule has 1 unspecified atom stereocenters. The van der Waals surface area contributed by atoms with Crippen LogP contribution in [0.3, 0.4) is 0 Å². The van der Waals surface area contributed by atoms with Crippen molar-refractivity contribution in [2.24, 2.45) is 0 Å². The van der Waals surface area contributed by atoms with Crippen LogP contribution >= 0.6 is 0 Å². The Morgan fingerprint density at radius 2 is 1.62 bits per heavy atom. The molecule has 2 aromatic carbocycles. The number of carbonyl (C=O) groups is 1. The summed E-state index contributed by atoms with van der Waals surface area (Å²) in [6.07, 6.45) is 1.31. The van der Waals surface area contributed by atoms with Gasteiger partial charge in [-0.25, -0.2) is 4.98 Å². The largest absolute Gasteiger partial charge is 0.440 e. The second-order valence-corrected chi connectivity index (χ2v) is 8.26. The van der Waals surface area contributed by atoms with E-state index in [1.54, 1.807) is 0 Å². The summed E-state index contributed by atoms with van der Waals surface area (Å²) in [4.78, 5) is 21.7. The van der Waals surface area contributed by atoms with Gasteiger partial charge in [-0.1, -0.05) is 67.6 Å². The van der Waals surface area contributed by atoms with Crippen molar-refractivity contribution in [1.82, 2.24) is 14.8 Å². The number of hydrogen-bond donors (Lipinski definition) is 1. The van der Waals surface area contributed by atoms with E-state index in [-0.39, 0.29) is 12.0 Å². The molecule has 1 N–H and O–H groups in total. The van der Waals surface area contributed by atoms with E-state index in [1.165, 1.54) is 0 Å². The first-order valence-electron chi connectivity index (χ1n) is 11.4. The van der Waals surface area contributed by atoms with Gasteiger partial charge in [0, 0.05) is 56.7 Å². The zero-order chi connectivity index (χ0) is 22.3. The molecule has 0 spiro atoms. The number of aromatic nitrogens is 1. The minimum absolute atomic E-state index is 0.126. The van der Waals surface area contributed by atoms with Gasteiger partial charge in [-0.3, -0.25) is 9.69 Å². The molecule has 4 rings (SSSR count). The highest BCUT2D eigenvalue weighted by Crippen LogP contribution is 2.32. The molecule has 6 nitrogen and oxygen atoms in total. The second-order valence-electron chi connectivity index (χ2n) is 8.26. The molecule has 1 saturated heterocycles. The van der Waals surface area contributed by atoms with Crippen LogP contribution in [0.2, 0.25) is 0 Å². The third-order valence-corrected chi connectivity index (χ3v) is 5.97. The van der Waals surface area contributed by atoms with E-state index in [0.717, 1.165) is 42.1 Å². The number of aliphatic hydroxyl groups excluding tert-OH is 1. The van der Waals surface area contributed by atoms with E-state index >= 15 is 0 Å². The van der Waals surface area contributed by atoms with Crippen LogP contribution in [-0.4, -0.2) is 64.6 Å². The summed E-state index contributed by atoms with van der Waals surface area (Å²) in [6, 6.07) is 20.0. The van der Waals surface area contributed by atoms with Gasteiger partial charge >= 0.3 is 0 Å². The molecule has 6 heteroatoms. The van der Waals surface area contributed by atoms with E-state index < -0.39 is 0 Å². The Bertz CT molecular complexity index is 939. The number of rotatable bonds is 8. The lowest BCUT2D eigenvalue weighted by Gasteiger charge is -2.35. The zero-order valence-electron chi connectivity index (χ0n) is 18.6. The van der Waals surface area contributed by atoms with Gasteiger partial charge in [-0.2, -0.15) is 0 Å². The fourth-order valence-electron chi connectivity index (χ4n) is 4.03. The zero-order valence-corrected chi connectivity index (χ0v) is 18.6. The SMILES string of the molecule is CCC(O)CN1CCN(C(=O)CCc2nc(-c3ccccc3)c(-c3ccccc3)o2)CC1. The number of nitrogens with zero attached hydrogens (tertiary/aromatic N) is 3. The van der Waals surface area contributed by atoms with Crippen molar-refractivity contribution in [1.29, 1.82) is 0 Å². The maximum atomic E-state index is 12.8. The molecule has 1 atom stereocenters. The number of hydrogen-bond acceptors (Lipinski definition) is 5. The van der Waals surface area contributed by atoms with Crippen molar-refractivity contribution in [3.8, 4) is 22.6 Å². The fourth-order valence-corrected chi connectivity index (χ4v) is 4.03. The second kappa shape index (κ2) is 10.6. The van der Waals surface area contributed by atoms with Crippen LogP contribution in [0.4, 0.5) is 0 Å². The highest BCUT2D eigenvalue weighted by Gasteiger charge is 2.23. The molecule has 0 radical (unpaired) electrons. The molecule has 0 saturated carbocycles. The molecule has 1 aliphatic rings. The Kier molecular flexibility index (Phi) is 7.35. The predicted molar refractivity (Wildman–Crippen MR) is 125 cm³/mol. The summed E-state index contributed by atoms with van der Waals surface area (Å²) in [5.74, 6) is 1.45. The van der Waals surface area contributed by atoms with Crippen molar-refractivity contribution in [3.05, 3.63) is 66.6 Å². The first kappa shape index (κ1) is 22.2. The van der Waals surface area contributed by atoms with Crippen molar-refractivity contribution in [2.45, 2.75) is 32.3 Å². The molecule has 1 aliphatic heterocycles. The van der Waals surface area contributed by atoms with Crippen molar-refractivity contribution in [3.63, 3.8) is 0 Å². The summed E-state index contributed by atoms with van der Waals surface area (Å²) in [6.45, 7) is 5.67. The topological polar surface area (TPSA) is 69.8 Å². The van der Waals surface area contributed by atoms with Crippen molar-refractivity contribution >= 4 is 5.91 Å². The predicted octanol–water partition coefficient (Wildman–Crippen LogP) is 3.86. The van der Waals surface area contributed by atoms with Crippen LogP contribution in [0.5, 0.6) is 0 Å². The molecule has 3 aromatic rings. The van der Waals surface area contributed by atoms with Gasteiger partial charge < -0.3 is 14.4 Å². The molecule has 2 heterocycles. The lowest BCUT2D eigenvalue weighted by Crippen LogP contribution is -2.50. The highest BCUT2D eigenvalue weighted by molar-refractivity contribution is 5.78. The Balaban J connectivity index is 1.41. The van der Waals surface area contributed by atoms with Crippen LogP contribution < -0.4 is 0 Å². The van der Waals surface area contributed by atoms with E-state index in [4.69, 9.17) is 9.40 Å². The van der Waals surface area contributed by atoms with Gasteiger partial charge in [0.15, 0.2) is 11.7 Å². The summed E-state index contributed by atoms with van der Waals surface area (Å²) in [7, 11) is 0. The molecule has 168 valence electrons. The molecule has 1 aromatic heterocycles. The van der Waals surface area contributed by atoms with Crippen molar-refractivity contribution < 1.29 is 14.3 Å². The quantitative estimate of drug-likeness (QED) is 0.584. The third-order valence-electron chi connectivity index (χ3n) is 5.97. The average Bonchev–Trinajstić information content (AvgIpc) is 3.28. The summed E-state index contributed by atoms with van der Waals surface area (Å²) >= 11 is 0. The van der Waals surface area contributed by atoms with Crippen LogP contribution in [0.25, 0.3) is 22.6 Å². The minimum atomic E-state index is -0.292. The Hall–Kier alpha value is -2.96. The number of piperazine rings is 1. The van der Waals surface area contributed by atoms with Crippen LogP contribution in [0.15, 0.2) is 65.1 Å². The van der Waals surface area contributed by atoms with Gasteiger partial charge in [0.05, 0.1) is 6.10 Å². The molecule has 1 fully saturated rings. The van der Waals surface area contributed by atoms with Crippen LogP contribution in [0.1, 0.15) is 25.7 Å². The maximum absolute atomic E-state index is 12.8. The fraction of sp³-hybridized carbons (Fsp3) is 0.385. The van der Waals surface area contributed by atoms with Crippen molar-refractivity contribution in [2.75, 3.05) is 32.7 Å². The van der Waals surface area contributed by atoms with Gasteiger partial charge in [0.1, 0.15) is 5.69 Å². The number of aliphatic hydroxyl groups is 1. The van der Waals surface area contributed by atoms with Gasteiger partial charge in [0.2, 0.25) is 5.91 Å².